The van der Waals surface area contributed by atoms with Gasteiger partial charge in [-0.3, -0.25) is 4.79 Å². The summed E-state index contributed by atoms with van der Waals surface area (Å²) < 4.78 is 5.16. The van der Waals surface area contributed by atoms with Gasteiger partial charge in [0.1, 0.15) is 5.69 Å². The molecule has 3 nitrogen and oxygen atoms in total. The summed E-state index contributed by atoms with van der Waals surface area (Å²) in [4.78, 5) is 14.8. The van der Waals surface area contributed by atoms with Crippen molar-refractivity contribution in [1.82, 2.24) is 4.98 Å². The molecule has 2 aromatic rings. The van der Waals surface area contributed by atoms with E-state index in [-0.39, 0.29) is 5.69 Å². The Labute approximate surface area is 125 Å². The lowest BCUT2D eigenvalue weighted by molar-refractivity contribution is 0.111. The quantitative estimate of drug-likeness (QED) is 0.617. The average molecular weight is 317 g/mol. The Morgan fingerprint density at radius 3 is 2.32 bits per heavy atom. The van der Waals surface area contributed by atoms with E-state index >= 15 is 0 Å². The molecular formula is C13H8Cl3NO2. The molecule has 6 heteroatoms. The Hall–Kier alpha value is -1.29. The van der Waals surface area contributed by atoms with Crippen molar-refractivity contribution in [3.63, 3.8) is 0 Å². The minimum Gasteiger partial charge on any atom is -0.481 e. The lowest BCUT2D eigenvalue weighted by Gasteiger charge is -2.10. The summed E-state index contributed by atoms with van der Waals surface area (Å²) in [6.45, 7) is 0. The van der Waals surface area contributed by atoms with Gasteiger partial charge in [0, 0.05) is 5.56 Å². The highest BCUT2D eigenvalue weighted by Gasteiger charge is 2.12. The van der Waals surface area contributed by atoms with E-state index in [0.717, 1.165) is 0 Å². The maximum Gasteiger partial charge on any atom is 0.221 e. The summed E-state index contributed by atoms with van der Waals surface area (Å²) in [5.41, 5.74) is 1.67. The van der Waals surface area contributed by atoms with Crippen molar-refractivity contribution < 1.29 is 9.53 Å². The van der Waals surface area contributed by atoms with Gasteiger partial charge >= 0.3 is 0 Å². The Kier molecular flexibility index (Phi) is 4.30. The standard InChI is InChI=1S/C13H8Cl3NO2/c1-19-13-9(3-2-8(6-18)17-13)7-4-10(14)12(16)11(15)5-7/h2-6H,1H3. The molecule has 1 aromatic carbocycles. The number of carbonyl (C=O) groups is 1. The number of halogens is 3. The van der Waals surface area contributed by atoms with E-state index in [1.807, 2.05) is 0 Å². The molecule has 0 aliphatic carbocycles. The Bertz CT molecular complexity index is 621. The fourth-order valence-electron chi connectivity index (χ4n) is 1.61. The number of hydrogen-bond donors (Lipinski definition) is 0. The van der Waals surface area contributed by atoms with Crippen molar-refractivity contribution >= 4 is 41.1 Å². The minimum absolute atomic E-state index is 0.284. The van der Waals surface area contributed by atoms with Crippen LogP contribution in [0.3, 0.4) is 0 Å². The van der Waals surface area contributed by atoms with Crippen molar-refractivity contribution in [2.24, 2.45) is 0 Å². The smallest absolute Gasteiger partial charge is 0.221 e. The first-order valence-electron chi connectivity index (χ1n) is 5.22. The normalized spacial score (nSPS) is 10.3. The molecule has 0 aliphatic rings. The van der Waals surface area contributed by atoms with Crippen LogP contribution in [-0.4, -0.2) is 18.4 Å². The first-order chi connectivity index (χ1) is 9.06. The molecule has 0 saturated carbocycles. The molecule has 0 aliphatic heterocycles. The summed E-state index contributed by atoms with van der Waals surface area (Å²) in [5, 5.41) is 0.972. The predicted molar refractivity (Wildman–Crippen MR) is 76.6 cm³/mol. The minimum atomic E-state index is 0.284. The maximum absolute atomic E-state index is 10.7. The number of nitrogens with zero attached hydrogens (tertiary/aromatic N) is 1. The van der Waals surface area contributed by atoms with Gasteiger partial charge in [0.25, 0.3) is 0 Å². The van der Waals surface area contributed by atoms with E-state index in [2.05, 4.69) is 4.98 Å². The molecule has 19 heavy (non-hydrogen) atoms. The van der Waals surface area contributed by atoms with Crippen LogP contribution in [0.1, 0.15) is 10.5 Å². The number of hydrogen-bond acceptors (Lipinski definition) is 3. The fraction of sp³-hybridized carbons (Fsp3) is 0.0769. The van der Waals surface area contributed by atoms with Crippen molar-refractivity contribution in [2.45, 2.75) is 0 Å². The summed E-state index contributed by atoms with van der Waals surface area (Å²) in [6.07, 6.45) is 0.647. The summed E-state index contributed by atoms with van der Waals surface area (Å²) in [7, 11) is 1.47. The topological polar surface area (TPSA) is 39.2 Å². The van der Waals surface area contributed by atoms with Gasteiger partial charge in [0.05, 0.1) is 22.2 Å². The van der Waals surface area contributed by atoms with E-state index in [1.165, 1.54) is 7.11 Å². The number of aldehydes is 1. The van der Waals surface area contributed by atoms with Crippen LogP contribution in [0.25, 0.3) is 11.1 Å². The zero-order valence-electron chi connectivity index (χ0n) is 9.78. The van der Waals surface area contributed by atoms with Crippen LogP contribution in [0.15, 0.2) is 24.3 Å². The van der Waals surface area contributed by atoms with Crippen LogP contribution in [0.4, 0.5) is 0 Å². The molecule has 1 aromatic heterocycles. The molecule has 0 fully saturated rings. The van der Waals surface area contributed by atoms with Crippen LogP contribution in [0.2, 0.25) is 15.1 Å². The molecular weight excluding hydrogens is 309 g/mol. The summed E-state index contributed by atoms with van der Waals surface area (Å²) >= 11 is 17.9. The van der Waals surface area contributed by atoms with Crippen LogP contribution in [-0.2, 0) is 0 Å². The largest absolute Gasteiger partial charge is 0.481 e. The maximum atomic E-state index is 10.7. The lowest BCUT2D eigenvalue weighted by atomic mass is 10.1. The second-order valence-corrected chi connectivity index (χ2v) is 4.86. The van der Waals surface area contributed by atoms with Gasteiger partial charge in [-0.1, -0.05) is 34.8 Å². The Morgan fingerprint density at radius 1 is 1.16 bits per heavy atom. The molecule has 0 bridgehead atoms. The van der Waals surface area contributed by atoms with Gasteiger partial charge in [-0.15, -0.1) is 0 Å². The zero-order chi connectivity index (χ0) is 14.0. The highest BCUT2D eigenvalue weighted by molar-refractivity contribution is 6.48. The van der Waals surface area contributed by atoms with Crippen molar-refractivity contribution in [3.05, 3.63) is 45.0 Å². The lowest BCUT2D eigenvalue weighted by Crippen LogP contribution is -1.95. The molecule has 0 atom stereocenters. The van der Waals surface area contributed by atoms with Crippen molar-refractivity contribution in [3.8, 4) is 17.0 Å². The molecule has 2 rings (SSSR count). The SMILES string of the molecule is COc1nc(C=O)ccc1-c1cc(Cl)c(Cl)c(Cl)c1. The van der Waals surface area contributed by atoms with Crippen LogP contribution >= 0.6 is 34.8 Å². The molecule has 0 saturated heterocycles. The van der Waals surface area contributed by atoms with Gasteiger partial charge < -0.3 is 4.74 Å². The number of carbonyl (C=O) groups excluding carboxylic acids is 1. The highest BCUT2D eigenvalue weighted by Crippen LogP contribution is 2.37. The van der Waals surface area contributed by atoms with Crippen molar-refractivity contribution in [1.29, 1.82) is 0 Å². The molecule has 98 valence electrons. The Morgan fingerprint density at radius 2 is 1.79 bits per heavy atom. The molecule has 1 heterocycles. The van der Waals surface area contributed by atoms with Crippen LogP contribution in [0, 0.1) is 0 Å². The fourth-order valence-corrected chi connectivity index (χ4v) is 2.20. The third kappa shape index (κ3) is 2.84. The third-order valence-corrected chi connectivity index (χ3v) is 3.69. The number of aromatic nitrogens is 1. The van der Waals surface area contributed by atoms with Gasteiger partial charge in [0.2, 0.25) is 5.88 Å². The second kappa shape index (κ2) is 5.78. The molecule has 0 radical (unpaired) electrons. The number of ether oxygens (including phenoxy) is 1. The third-order valence-electron chi connectivity index (χ3n) is 2.49. The zero-order valence-corrected chi connectivity index (χ0v) is 12.1. The summed E-state index contributed by atoms with van der Waals surface area (Å²) in [5.74, 6) is 0.319. The van der Waals surface area contributed by atoms with Gasteiger partial charge in [-0.05, 0) is 29.8 Å². The van der Waals surface area contributed by atoms with E-state index in [0.29, 0.717) is 38.4 Å². The van der Waals surface area contributed by atoms with Crippen molar-refractivity contribution in [2.75, 3.05) is 7.11 Å². The number of benzene rings is 1. The number of pyridine rings is 1. The van der Waals surface area contributed by atoms with E-state index in [1.54, 1.807) is 24.3 Å². The molecule has 0 N–H and O–H groups in total. The first-order valence-corrected chi connectivity index (χ1v) is 6.35. The molecule has 0 spiro atoms. The average Bonchev–Trinajstić information content (AvgIpc) is 2.43. The Balaban J connectivity index is 2.61. The molecule has 0 amide bonds. The number of methoxy groups -OCH3 is 1. The van der Waals surface area contributed by atoms with Crippen LogP contribution < -0.4 is 4.74 Å². The van der Waals surface area contributed by atoms with Gasteiger partial charge in [0.15, 0.2) is 6.29 Å². The van der Waals surface area contributed by atoms with E-state index < -0.39 is 0 Å². The predicted octanol–water partition coefficient (Wildman–Crippen LogP) is 4.53. The van der Waals surface area contributed by atoms with Crippen LogP contribution in [0.5, 0.6) is 5.88 Å². The monoisotopic (exact) mass is 315 g/mol. The molecule has 0 unspecified atom stereocenters. The highest BCUT2D eigenvalue weighted by atomic mass is 35.5. The van der Waals surface area contributed by atoms with E-state index in [4.69, 9.17) is 39.5 Å². The van der Waals surface area contributed by atoms with Gasteiger partial charge in [-0.25, -0.2) is 4.98 Å². The summed E-state index contributed by atoms with van der Waals surface area (Å²) in [6, 6.07) is 6.62. The first kappa shape index (κ1) is 14.1. The number of rotatable bonds is 3. The van der Waals surface area contributed by atoms with E-state index in [9.17, 15) is 4.79 Å². The second-order valence-electron chi connectivity index (χ2n) is 3.66. The van der Waals surface area contributed by atoms with Gasteiger partial charge in [-0.2, -0.15) is 0 Å².